The van der Waals surface area contributed by atoms with E-state index in [0.29, 0.717) is 0 Å². The van der Waals surface area contributed by atoms with Gasteiger partial charge in [-0.2, -0.15) is 0 Å². The lowest BCUT2D eigenvalue weighted by Gasteiger charge is -2.06. The maximum Gasteiger partial charge on any atom is 0.129 e. The van der Waals surface area contributed by atoms with E-state index < -0.39 is 6.10 Å². The summed E-state index contributed by atoms with van der Waals surface area (Å²) in [4.78, 5) is 0.833. The van der Waals surface area contributed by atoms with Crippen molar-refractivity contribution >= 4 is 11.8 Å². The summed E-state index contributed by atoms with van der Waals surface area (Å²) in [6.07, 6.45) is 1.38. The van der Waals surface area contributed by atoms with Gasteiger partial charge in [-0.3, -0.25) is 0 Å². The third-order valence-electron chi connectivity index (χ3n) is 1.69. The van der Waals surface area contributed by atoms with Crippen molar-refractivity contribution in [1.29, 1.82) is 0 Å². The summed E-state index contributed by atoms with van der Waals surface area (Å²) in [6, 6.07) is 5.22. The zero-order valence-corrected chi connectivity index (χ0v) is 7.93. The zero-order chi connectivity index (χ0) is 9.14. The van der Waals surface area contributed by atoms with E-state index in [1.165, 1.54) is 11.8 Å². The van der Waals surface area contributed by atoms with Crippen LogP contribution in [0.25, 0.3) is 0 Å². The SMILES string of the molecule is CSc1ccc(C(C)O)cc1O. The summed E-state index contributed by atoms with van der Waals surface area (Å²) in [7, 11) is 0. The first-order valence-corrected chi connectivity index (χ1v) is 4.92. The Balaban J connectivity index is 3.02. The van der Waals surface area contributed by atoms with Gasteiger partial charge in [-0.15, -0.1) is 11.8 Å². The van der Waals surface area contributed by atoms with Gasteiger partial charge in [0.15, 0.2) is 0 Å². The summed E-state index contributed by atoms with van der Waals surface area (Å²) in [5, 5.41) is 18.6. The minimum atomic E-state index is -0.521. The van der Waals surface area contributed by atoms with Crippen LogP contribution < -0.4 is 0 Å². The van der Waals surface area contributed by atoms with E-state index in [0.717, 1.165) is 10.5 Å². The third-order valence-corrected chi connectivity index (χ3v) is 2.47. The Morgan fingerprint density at radius 3 is 2.50 bits per heavy atom. The molecule has 0 aromatic heterocycles. The minimum absolute atomic E-state index is 0.237. The second-order valence-corrected chi connectivity index (χ2v) is 3.46. The molecule has 1 aromatic carbocycles. The average molecular weight is 184 g/mol. The van der Waals surface area contributed by atoms with E-state index >= 15 is 0 Å². The molecule has 2 N–H and O–H groups in total. The minimum Gasteiger partial charge on any atom is -0.507 e. The predicted octanol–water partition coefficient (Wildman–Crippen LogP) is 2.17. The molecule has 0 radical (unpaired) electrons. The van der Waals surface area contributed by atoms with Crippen LogP contribution in [0.15, 0.2) is 23.1 Å². The lowest BCUT2D eigenvalue weighted by molar-refractivity contribution is 0.198. The topological polar surface area (TPSA) is 40.5 Å². The first-order valence-electron chi connectivity index (χ1n) is 3.70. The van der Waals surface area contributed by atoms with Gasteiger partial charge in [-0.25, -0.2) is 0 Å². The summed E-state index contributed by atoms with van der Waals surface area (Å²) in [5.74, 6) is 0.237. The summed E-state index contributed by atoms with van der Waals surface area (Å²) < 4.78 is 0. The van der Waals surface area contributed by atoms with E-state index in [4.69, 9.17) is 0 Å². The fraction of sp³-hybridized carbons (Fsp3) is 0.333. The van der Waals surface area contributed by atoms with Gasteiger partial charge in [0.1, 0.15) is 5.75 Å². The molecule has 3 heteroatoms. The van der Waals surface area contributed by atoms with Crippen LogP contribution in [0.1, 0.15) is 18.6 Å². The maximum atomic E-state index is 9.41. The Morgan fingerprint density at radius 1 is 1.42 bits per heavy atom. The van der Waals surface area contributed by atoms with Gasteiger partial charge < -0.3 is 10.2 Å². The number of phenols is 1. The molecule has 1 aromatic rings. The van der Waals surface area contributed by atoms with Crippen molar-refractivity contribution in [2.24, 2.45) is 0 Å². The first kappa shape index (κ1) is 9.42. The van der Waals surface area contributed by atoms with Gasteiger partial charge in [0, 0.05) is 4.90 Å². The number of thioether (sulfide) groups is 1. The number of aliphatic hydroxyl groups is 1. The number of aliphatic hydroxyl groups excluding tert-OH is 1. The largest absolute Gasteiger partial charge is 0.507 e. The molecule has 0 saturated carbocycles. The third kappa shape index (κ3) is 1.93. The molecule has 0 aliphatic rings. The second-order valence-electron chi connectivity index (χ2n) is 2.61. The Morgan fingerprint density at radius 2 is 2.08 bits per heavy atom. The first-order chi connectivity index (χ1) is 5.65. The van der Waals surface area contributed by atoms with Crippen LogP contribution in [0.5, 0.6) is 5.75 Å². The summed E-state index contributed by atoms with van der Waals surface area (Å²) in [6.45, 7) is 1.67. The highest BCUT2D eigenvalue weighted by Crippen LogP contribution is 2.28. The van der Waals surface area contributed by atoms with Gasteiger partial charge in [-0.1, -0.05) is 6.07 Å². The van der Waals surface area contributed by atoms with Gasteiger partial charge in [-0.05, 0) is 30.9 Å². The monoisotopic (exact) mass is 184 g/mol. The molecule has 1 rings (SSSR count). The summed E-state index contributed by atoms with van der Waals surface area (Å²) in [5.41, 5.74) is 0.741. The van der Waals surface area contributed by atoms with Crippen LogP contribution in [-0.2, 0) is 0 Å². The van der Waals surface area contributed by atoms with Crippen LogP contribution in [0.2, 0.25) is 0 Å². The Labute approximate surface area is 76.2 Å². The van der Waals surface area contributed by atoms with Crippen molar-refractivity contribution in [2.75, 3.05) is 6.26 Å². The predicted molar refractivity (Wildman–Crippen MR) is 50.5 cm³/mol. The number of hydrogen-bond donors (Lipinski definition) is 2. The van der Waals surface area contributed by atoms with E-state index in [-0.39, 0.29) is 5.75 Å². The molecule has 12 heavy (non-hydrogen) atoms. The molecule has 1 atom stereocenters. The maximum absolute atomic E-state index is 9.41. The molecule has 66 valence electrons. The highest BCUT2D eigenvalue weighted by Gasteiger charge is 2.04. The smallest absolute Gasteiger partial charge is 0.129 e. The Bertz CT molecular complexity index is 271. The fourth-order valence-corrected chi connectivity index (χ4v) is 1.44. The van der Waals surface area contributed by atoms with E-state index in [2.05, 4.69) is 0 Å². The van der Waals surface area contributed by atoms with Crippen molar-refractivity contribution in [3.8, 4) is 5.75 Å². The molecule has 0 bridgehead atoms. The van der Waals surface area contributed by atoms with Crippen LogP contribution in [0.4, 0.5) is 0 Å². The number of rotatable bonds is 2. The summed E-state index contributed by atoms with van der Waals surface area (Å²) >= 11 is 1.48. The van der Waals surface area contributed by atoms with Gasteiger partial charge in [0.2, 0.25) is 0 Å². The molecular weight excluding hydrogens is 172 g/mol. The van der Waals surface area contributed by atoms with Gasteiger partial charge in [0.25, 0.3) is 0 Å². The van der Waals surface area contributed by atoms with Crippen LogP contribution in [0.3, 0.4) is 0 Å². The molecule has 0 heterocycles. The second kappa shape index (κ2) is 3.83. The molecule has 0 fully saturated rings. The Hall–Kier alpha value is -0.670. The lowest BCUT2D eigenvalue weighted by atomic mass is 10.1. The highest BCUT2D eigenvalue weighted by atomic mass is 32.2. The number of aromatic hydroxyl groups is 1. The lowest BCUT2D eigenvalue weighted by Crippen LogP contribution is -1.90. The van der Waals surface area contributed by atoms with Gasteiger partial charge >= 0.3 is 0 Å². The molecule has 0 aliphatic heterocycles. The number of phenolic OH excluding ortho intramolecular Hbond substituents is 1. The molecule has 0 aliphatic carbocycles. The average Bonchev–Trinajstić information content (AvgIpc) is 2.04. The van der Waals surface area contributed by atoms with Crippen molar-refractivity contribution < 1.29 is 10.2 Å². The molecule has 1 unspecified atom stereocenters. The normalized spacial score (nSPS) is 12.9. The molecule has 0 amide bonds. The zero-order valence-electron chi connectivity index (χ0n) is 7.11. The van der Waals surface area contributed by atoms with Crippen LogP contribution >= 0.6 is 11.8 Å². The van der Waals surface area contributed by atoms with Crippen molar-refractivity contribution in [2.45, 2.75) is 17.9 Å². The molecule has 2 nitrogen and oxygen atoms in total. The Kier molecular flexibility index (Phi) is 3.00. The molecule has 0 spiro atoms. The van der Waals surface area contributed by atoms with E-state index in [1.807, 2.05) is 18.4 Å². The van der Waals surface area contributed by atoms with E-state index in [9.17, 15) is 10.2 Å². The van der Waals surface area contributed by atoms with Crippen molar-refractivity contribution in [1.82, 2.24) is 0 Å². The number of hydrogen-bond acceptors (Lipinski definition) is 3. The molecule has 0 saturated heterocycles. The number of benzene rings is 1. The van der Waals surface area contributed by atoms with E-state index in [1.54, 1.807) is 13.0 Å². The highest BCUT2D eigenvalue weighted by molar-refractivity contribution is 7.98. The van der Waals surface area contributed by atoms with Crippen molar-refractivity contribution in [3.63, 3.8) is 0 Å². The van der Waals surface area contributed by atoms with Crippen LogP contribution in [0, 0.1) is 0 Å². The van der Waals surface area contributed by atoms with Gasteiger partial charge in [0.05, 0.1) is 6.10 Å². The molecular formula is C9H12O2S. The quantitative estimate of drug-likeness (QED) is 0.692. The standard InChI is InChI=1S/C9H12O2S/c1-6(10)7-3-4-9(12-2)8(11)5-7/h3-6,10-11H,1-2H3. The van der Waals surface area contributed by atoms with Crippen LogP contribution in [-0.4, -0.2) is 16.5 Å². The van der Waals surface area contributed by atoms with Crippen molar-refractivity contribution in [3.05, 3.63) is 23.8 Å². The fourth-order valence-electron chi connectivity index (χ4n) is 0.967.